The first kappa shape index (κ1) is 11.4. The van der Waals surface area contributed by atoms with Crippen LogP contribution >= 0.6 is 0 Å². The molecule has 4 heteroatoms. The molecule has 0 unspecified atom stereocenters. The molecule has 0 saturated heterocycles. The van der Waals surface area contributed by atoms with Crippen LogP contribution in [0.3, 0.4) is 0 Å². The molecule has 0 atom stereocenters. The summed E-state index contributed by atoms with van der Waals surface area (Å²) in [5.74, 6) is 7.40. The fraction of sp³-hybridized carbons (Fsp3) is 0.154. The number of pyridine rings is 1. The van der Waals surface area contributed by atoms with Crippen molar-refractivity contribution >= 4 is 5.82 Å². The first-order valence-corrected chi connectivity index (χ1v) is 5.51. The lowest BCUT2D eigenvalue weighted by molar-refractivity contribution is 0.481. The molecule has 1 aromatic carbocycles. The molecule has 0 aliphatic carbocycles. The van der Waals surface area contributed by atoms with Gasteiger partial charge in [-0.2, -0.15) is 0 Å². The molecular formula is C13H15N3O. The highest BCUT2D eigenvalue weighted by atomic mass is 16.5. The summed E-state index contributed by atoms with van der Waals surface area (Å²) in [4.78, 5) is 4.02. The standard InChI is InChI=1S/C13H15N3O/c1-2-10-4-3-5-11(8-10)17-12-6-7-15-13(9-12)16-14/h3-9H,2,14H2,1H3,(H,15,16). The highest BCUT2D eigenvalue weighted by molar-refractivity contribution is 5.41. The van der Waals surface area contributed by atoms with Crippen LogP contribution < -0.4 is 16.0 Å². The topological polar surface area (TPSA) is 60.2 Å². The summed E-state index contributed by atoms with van der Waals surface area (Å²) in [5.41, 5.74) is 3.73. The molecule has 4 nitrogen and oxygen atoms in total. The minimum atomic E-state index is 0.578. The molecule has 2 aromatic rings. The number of ether oxygens (including phenoxy) is 1. The van der Waals surface area contributed by atoms with E-state index >= 15 is 0 Å². The van der Waals surface area contributed by atoms with E-state index in [9.17, 15) is 0 Å². The molecule has 0 radical (unpaired) electrons. The van der Waals surface area contributed by atoms with E-state index < -0.39 is 0 Å². The van der Waals surface area contributed by atoms with Gasteiger partial charge in [-0.3, -0.25) is 0 Å². The summed E-state index contributed by atoms with van der Waals surface area (Å²) >= 11 is 0. The van der Waals surface area contributed by atoms with Crippen molar-refractivity contribution in [2.75, 3.05) is 5.43 Å². The lowest BCUT2D eigenvalue weighted by Crippen LogP contribution is -2.08. The Bertz CT molecular complexity index is 454. The van der Waals surface area contributed by atoms with Crippen molar-refractivity contribution < 1.29 is 4.74 Å². The molecule has 0 aliphatic rings. The van der Waals surface area contributed by atoms with Gasteiger partial charge in [-0.1, -0.05) is 19.1 Å². The van der Waals surface area contributed by atoms with Gasteiger partial charge >= 0.3 is 0 Å². The van der Waals surface area contributed by atoms with Crippen LogP contribution in [0.1, 0.15) is 12.5 Å². The van der Waals surface area contributed by atoms with Gasteiger partial charge in [0, 0.05) is 12.3 Å². The third-order valence-electron chi connectivity index (χ3n) is 2.42. The Morgan fingerprint density at radius 2 is 2.06 bits per heavy atom. The number of hydrogen-bond donors (Lipinski definition) is 2. The van der Waals surface area contributed by atoms with Crippen molar-refractivity contribution in [3.8, 4) is 11.5 Å². The zero-order valence-corrected chi connectivity index (χ0v) is 9.68. The number of hydrazine groups is 1. The minimum absolute atomic E-state index is 0.578. The Balaban J connectivity index is 2.18. The fourth-order valence-electron chi connectivity index (χ4n) is 1.52. The fourth-order valence-corrected chi connectivity index (χ4v) is 1.52. The number of aromatic nitrogens is 1. The molecule has 0 fully saturated rings. The van der Waals surface area contributed by atoms with Crippen LogP contribution in [0, 0.1) is 0 Å². The number of hydrogen-bond acceptors (Lipinski definition) is 4. The van der Waals surface area contributed by atoms with E-state index in [2.05, 4.69) is 23.4 Å². The molecule has 0 saturated carbocycles. The monoisotopic (exact) mass is 229 g/mol. The number of nitrogens with two attached hydrogens (primary N) is 1. The molecule has 2 rings (SSSR count). The minimum Gasteiger partial charge on any atom is -0.457 e. The van der Waals surface area contributed by atoms with Gasteiger partial charge in [0.15, 0.2) is 0 Å². The summed E-state index contributed by atoms with van der Waals surface area (Å²) < 4.78 is 5.73. The molecule has 88 valence electrons. The van der Waals surface area contributed by atoms with Crippen molar-refractivity contribution in [1.29, 1.82) is 0 Å². The number of nitrogens with zero attached hydrogens (tertiary/aromatic N) is 1. The molecule has 0 spiro atoms. The van der Waals surface area contributed by atoms with Crippen molar-refractivity contribution in [1.82, 2.24) is 4.98 Å². The summed E-state index contributed by atoms with van der Waals surface area (Å²) in [7, 11) is 0. The molecule has 0 amide bonds. The van der Waals surface area contributed by atoms with E-state index in [4.69, 9.17) is 10.6 Å². The van der Waals surface area contributed by atoms with Gasteiger partial charge in [0.05, 0.1) is 0 Å². The van der Waals surface area contributed by atoms with Crippen molar-refractivity contribution in [2.24, 2.45) is 5.84 Å². The molecule has 0 bridgehead atoms. The summed E-state index contributed by atoms with van der Waals surface area (Å²) in [6.07, 6.45) is 2.64. The van der Waals surface area contributed by atoms with E-state index in [0.29, 0.717) is 11.6 Å². The Morgan fingerprint density at radius 1 is 1.24 bits per heavy atom. The van der Waals surface area contributed by atoms with Crippen LogP contribution in [0.25, 0.3) is 0 Å². The van der Waals surface area contributed by atoms with Gasteiger partial charge in [0.2, 0.25) is 0 Å². The number of aryl methyl sites for hydroxylation is 1. The van der Waals surface area contributed by atoms with Crippen molar-refractivity contribution in [2.45, 2.75) is 13.3 Å². The van der Waals surface area contributed by atoms with Crippen LogP contribution in [0.4, 0.5) is 5.82 Å². The maximum absolute atomic E-state index is 5.73. The maximum atomic E-state index is 5.73. The Hall–Kier alpha value is -2.07. The predicted octanol–water partition coefficient (Wildman–Crippen LogP) is 2.72. The van der Waals surface area contributed by atoms with Crippen molar-refractivity contribution in [3.05, 3.63) is 48.2 Å². The normalized spacial score (nSPS) is 10.0. The first-order valence-electron chi connectivity index (χ1n) is 5.51. The zero-order chi connectivity index (χ0) is 12.1. The number of anilines is 1. The highest BCUT2D eigenvalue weighted by Crippen LogP contribution is 2.23. The van der Waals surface area contributed by atoms with Crippen LogP contribution in [0.2, 0.25) is 0 Å². The van der Waals surface area contributed by atoms with Gasteiger partial charge in [-0.05, 0) is 30.2 Å². The molecule has 1 aromatic heterocycles. The number of rotatable bonds is 4. The molecule has 1 heterocycles. The van der Waals surface area contributed by atoms with Gasteiger partial charge in [0.25, 0.3) is 0 Å². The molecule has 17 heavy (non-hydrogen) atoms. The Labute approximate surface area is 100 Å². The third kappa shape index (κ3) is 2.95. The predicted molar refractivity (Wildman–Crippen MR) is 67.9 cm³/mol. The van der Waals surface area contributed by atoms with Gasteiger partial charge in [-0.15, -0.1) is 0 Å². The van der Waals surface area contributed by atoms with Crippen LogP contribution in [0.15, 0.2) is 42.6 Å². The van der Waals surface area contributed by atoms with Gasteiger partial charge in [0.1, 0.15) is 17.3 Å². The largest absolute Gasteiger partial charge is 0.457 e. The Morgan fingerprint density at radius 3 is 2.82 bits per heavy atom. The molecule has 3 N–H and O–H groups in total. The van der Waals surface area contributed by atoms with E-state index in [1.807, 2.05) is 18.2 Å². The average molecular weight is 229 g/mol. The van der Waals surface area contributed by atoms with Gasteiger partial charge < -0.3 is 10.2 Å². The van der Waals surface area contributed by atoms with E-state index in [-0.39, 0.29) is 0 Å². The Kier molecular flexibility index (Phi) is 3.57. The second-order valence-corrected chi connectivity index (χ2v) is 3.62. The lowest BCUT2D eigenvalue weighted by Gasteiger charge is -2.07. The molecule has 0 aliphatic heterocycles. The smallest absolute Gasteiger partial charge is 0.143 e. The second-order valence-electron chi connectivity index (χ2n) is 3.62. The summed E-state index contributed by atoms with van der Waals surface area (Å²) in [6, 6.07) is 11.5. The number of nitrogens with one attached hydrogen (secondary N) is 1. The lowest BCUT2D eigenvalue weighted by atomic mass is 10.2. The van der Waals surface area contributed by atoms with Gasteiger partial charge in [-0.25, -0.2) is 10.8 Å². The SMILES string of the molecule is CCc1cccc(Oc2ccnc(NN)c2)c1. The van der Waals surface area contributed by atoms with E-state index in [1.165, 1.54) is 5.56 Å². The second kappa shape index (κ2) is 5.32. The zero-order valence-electron chi connectivity index (χ0n) is 9.68. The molecular weight excluding hydrogens is 214 g/mol. The van der Waals surface area contributed by atoms with E-state index in [1.54, 1.807) is 18.3 Å². The van der Waals surface area contributed by atoms with Crippen LogP contribution in [0.5, 0.6) is 11.5 Å². The number of nitrogen functional groups attached to an aromatic ring is 1. The average Bonchev–Trinajstić information content (AvgIpc) is 2.39. The number of benzene rings is 1. The summed E-state index contributed by atoms with van der Waals surface area (Å²) in [6.45, 7) is 2.11. The maximum Gasteiger partial charge on any atom is 0.143 e. The van der Waals surface area contributed by atoms with Crippen LogP contribution in [-0.2, 0) is 6.42 Å². The summed E-state index contributed by atoms with van der Waals surface area (Å²) in [5, 5.41) is 0. The van der Waals surface area contributed by atoms with Crippen LogP contribution in [-0.4, -0.2) is 4.98 Å². The highest BCUT2D eigenvalue weighted by Gasteiger charge is 2.00. The van der Waals surface area contributed by atoms with E-state index in [0.717, 1.165) is 12.2 Å². The third-order valence-corrected chi connectivity index (χ3v) is 2.42. The quantitative estimate of drug-likeness (QED) is 0.625. The first-order chi connectivity index (χ1) is 8.31. The van der Waals surface area contributed by atoms with Crippen molar-refractivity contribution in [3.63, 3.8) is 0 Å².